The Morgan fingerprint density at radius 3 is 2.11 bits per heavy atom. The Labute approximate surface area is 118 Å². The highest BCUT2D eigenvalue weighted by atomic mass is 16.0. The first-order valence-corrected chi connectivity index (χ1v) is 5.71. The van der Waals surface area contributed by atoms with Gasteiger partial charge in [-0.1, -0.05) is 33.1 Å². The van der Waals surface area contributed by atoms with Crippen molar-refractivity contribution in [3.8, 4) is 12.8 Å². The van der Waals surface area contributed by atoms with E-state index in [0.29, 0.717) is 6.54 Å². The zero-order chi connectivity index (χ0) is 13.3. The van der Waals surface area contributed by atoms with Crippen LogP contribution in [0.2, 0.25) is 0 Å². The van der Waals surface area contributed by atoms with Crippen LogP contribution in [0.1, 0.15) is 26.3 Å². The molecular formula is C16H28N2O. The van der Waals surface area contributed by atoms with Crippen LogP contribution in [0.4, 0.5) is 5.69 Å². The zero-order valence-corrected chi connectivity index (χ0v) is 11.3. The monoisotopic (exact) mass is 264 g/mol. The van der Waals surface area contributed by atoms with Crippen molar-refractivity contribution in [2.45, 2.75) is 20.8 Å². The lowest BCUT2D eigenvalue weighted by atomic mass is 10.1. The maximum atomic E-state index is 5.51. The van der Waals surface area contributed by atoms with E-state index in [1.165, 1.54) is 16.8 Å². The van der Waals surface area contributed by atoms with Gasteiger partial charge in [0.25, 0.3) is 0 Å². The van der Waals surface area contributed by atoms with E-state index in [2.05, 4.69) is 62.6 Å². The highest BCUT2D eigenvalue weighted by Crippen LogP contribution is 2.19. The van der Waals surface area contributed by atoms with Gasteiger partial charge in [-0.2, -0.15) is 0 Å². The minimum atomic E-state index is 0. The third kappa shape index (κ3) is 7.30. The van der Waals surface area contributed by atoms with Crippen LogP contribution in [0.15, 0.2) is 30.8 Å². The van der Waals surface area contributed by atoms with Crippen LogP contribution >= 0.6 is 0 Å². The van der Waals surface area contributed by atoms with Gasteiger partial charge in [0.2, 0.25) is 0 Å². The second-order valence-corrected chi connectivity index (χ2v) is 3.71. The van der Waals surface area contributed by atoms with E-state index in [1.807, 2.05) is 0 Å². The maximum absolute atomic E-state index is 5.51. The third-order valence-corrected chi connectivity index (χ3v) is 2.61. The van der Waals surface area contributed by atoms with Crippen molar-refractivity contribution in [1.29, 1.82) is 0 Å². The van der Waals surface area contributed by atoms with Crippen molar-refractivity contribution >= 4 is 11.3 Å². The van der Waals surface area contributed by atoms with Gasteiger partial charge in [-0.15, -0.1) is 12.8 Å². The normalized spacial score (nSPS) is 8.05. The van der Waals surface area contributed by atoms with E-state index in [9.17, 15) is 0 Å². The summed E-state index contributed by atoms with van der Waals surface area (Å²) in [6.45, 7) is 7.71. The molecule has 1 rings (SSSR count). The summed E-state index contributed by atoms with van der Waals surface area (Å²) in [6.07, 6.45) is 9.00. The summed E-state index contributed by atoms with van der Waals surface area (Å²) in [5, 5.41) is 0. The van der Waals surface area contributed by atoms with E-state index < -0.39 is 0 Å². The SMILES string of the molecule is C.C#C.C=C(CC)c1ccc(N(C)CCN)cc1.O. The molecule has 0 heterocycles. The predicted octanol–water partition coefficient (Wildman–Crippen LogP) is 2.57. The van der Waals surface area contributed by atoms with Crippen LogP contribution in [-0.4, -0.2) is 25.6 Å². The molecule has 1 aromatic rings. The number of allylic oxidation sites excluding steroid dienone is 1. The Kier molecular flexibility index (Phi) is 15.0. The van der Waals surface area contributed by atoms with E-state index >= 15 is 0 Å². The minimum Gasteiger partial charge on any atom is -0.412 e. The molecule has 3 nitrogen and oxygen atoms in total. The lowest BCUT2D eigenvalue weighted by Gasteiger charge is -2.18. The summed E-state index contributed by atoms with van der Waals surface area (Å²) in [5.74, 6) is 0. The van der Waals surface area contributed by atoms with Gasteiger partial charge in [-0.05, 0) is 29.7 Å². The first kappa shape index (κ1) is 22.4. The lowest BCUT2D eigenvalue weighted by Crippen LogP contribution is -2.24. The Balaban J connectivity index is -0.000000609. The number of benzene rings is 1. The number of anilines is 1. The van der Waals surface area contributed by atoms with Gasteiger partial charge in [-0.3, -0.25) is 0 Å². The fourth-order valence-corrected chi connectivity index (χ4v) is 1.48. The molecule has 0 amide bonds. The number of rotatable bonds is 5. The van der Waals surface area contributed by atoms with Crippen LogP contribution < -0.4 is 10.6 Å². The molecule has 0 bridgehead atoms. The smallest absolute Gasteiger partial charge is 0.0364 e. The Bertz CT molecular complexity index is 355. The molecule has 0 radical (unpaired) electrons. The molecule has 0 atom stereocenters. The largest absolute Gasteiger partial charge is 0.412 e. The van der Waals surface area contributed by atoms with Gasteiger partial charge in [0.05, 0.1) is 0 Å². The Morgan fingerprint density at radius 2 is 1.74 bits per heavy atom. The number of nitrogens with zero attached hydrogens (tertiary/aromatic N) is 1. The molecule has 19 heavy (non-hydrogen) atoms. The highest BCUT2D eigenvalue weighted by Gasteiger charge is 2.00. The molecule has 3 heteroatoms. The molecule has 1 aromatic carbocycles. The van der Waals surface area contributed by atoms with Gasteiger partial charge in [0, 0.05) is 25.8 Å². The van der Waals surface area contributed by atoms with Crippen LogP contribution in [0, 0.1) is 12.8 Å². The summed E-state index contributed by atoms with van der Waals surface area (Å²) in [5.41, 5.74) is 9.12. The lowest BCUT2D eigenvalue weighted by molar-refractivity contribution is 0.824. The first-order valence-electron chi connectivity index (χ1n) is 5.71. The van der Waals surface area contributed by atoms with Crippen molar-refractivity contribution in [3.63, 3.8) is 0 Å². The zero-order valence-electron chi connectivity index (χ0n) is 11.3. The van der Waals surface area contributed by atoms with E-state index in [4.69, 9.17) is 5.73 Å². The number of terminal acetylenes is 1. The van der Waals surface area contributed by atoms with Crippen LogP contribution in [0.25, 0.3) is 5.57 Å². The van der Waals surface area contributed by atoms with Crippen LogP contribution in [0.5, 0.6) is 0 Å². The van der Waals surface area contributed by atoms with Crippen molar-refractivity contribution in [2.24, 2.45) is 5.73 Å². The van der Waals surface area contributed by atoms with Gasteiger partial charge in [-0.25, -0.2) is 0 Å². The predicted molar refractivity (Wildman–Crippen MR) is 88.3 cm³/mol. The van der Waals surface area contributed by atoms with Gasteiger partial charge in [0.15, 0.2) is 0 Å². The molecule has 0 aliphatic heterocycles. The Hall–Kier alpha value is -1.76. The van der Waals surface area contributed by atoms with Crippen molar-refractivity contribution in [3.05, 3.63) is 36.4 Å². The molecule has 0 aliphatic rings. The molecular weight excluding hydrogens is 236 g/mol. The van der Waals surface area contributed by atoms with Crippen molar-refractivity contribution in [2.75, 3.05) is 25.0 Å². The van der Waals surface area contributed by atoms with E-state index in [1.54, 1.807) is 0 Å². The molecule has 0 fully saturated rings. The standard InChI is InChI=1S/C13H20N2.C2H2.CH4.H2O/c1-4-11(2)12-5-7-13(8-6-12)15(3)10-9-14;1-2;;/h5-8H,2,4,9-10,14H2,1,3H3;1-2H;1H4;1H2. The molecule has 0 spiro atoms. The summed E-state index contributed by atoms with van der Waals surface area (Å²) in [6, 6.07) is 8.47. The highest BCUT2D eigenvalue weighted by molar-refractivity contribution is 5.65. The fourth-order valence-electron chi connectivity index (χ4n) is 1.48. The molecule has 0 saturated carbocycles. The molecule has 0 saturated heterocycles. The third-order valence-electron chi connectivity index (χ3n) is 2.61. The van der Waals surface area contributed by atoms with Crippen LogP contribution in [0.3, 0.4) is 0 Å². The van der Waals surface area contributed by atoms with Gasteiger partial charge in [0.1, 0.15) is 0 Å². The van der Waals surface area contributed by atoms with Crippen LogP contribution in [-0.2, 0) is 0 Å². The molecule has 0 aliphatic carbocycles. The average Bonchev–Trinajstić information content (AvgIpc) is 2.40. The van der Waals surface area contributed by atoms with E-state index in [-0.39, 0.29) is 12.9 Å². The molecule has 4 N–H and O–H groups in total. The molecule has 0 aromatic heterocycles. The molecule has 0 unspecified atom stereocenters. The topological polar surface area (TPSA) is 60.8 Å². The summed E-state index contributed by atoms with van der Waals surface area (Å²) in [7, 11) is 2.05. The van der Waals surface area contributed by atoms with Gasteiger partial charge < -0.3 is 16.1 Å². The second kappa shape index (κ2) is 12.7. The molecule has 108 valence electrons. The summed E-state index contributed by atoms with van der Waals surface area (Å²) < 4.78 is 0. The summed E-state index contributed by atoms with van der Waals surface area (Å²) in [4.78, 5) is 2.15. The van der Waals surface area contributed by atoms with Crippen molar-refractivity contribution in [1.82, 2.24) is 0 Å². The number of nitrogens with two attached hydrogens (primary N) is 1. The minimum absolute atomic E-state index is 0. The average molecular weight is 264 g/mol. The summed E-state index contributed by atoms with van der Waals surface area (Å²) >= 11 is 0. The quantitative estimate of drug-likeness (QED) is 0.831. The van der Waals surface area contributed by atoms with Crippen molar-refractivity contribution < 1.29 is 5.48 Å². The van der Waals surface area contributed by atoms with E-state index in [0.717, 1.165) is 13.0 Å². The number of likely N-dealkylation sites (N-methyl/N-ethyl adjacent to an activating group) is 1. The number of hydrogen-bond acceptors (Lipinski definition) is 2. The number of hydrogen-bond donors (Lipinski definition) is 1. The van der Waals surface area contributed by atoms with Gasteiger partial charge >= 0.3 is 0 Å². The fraction of sp³-hybridized carbons (Fsp3) is 0.375. The Morgan fingerprint density at radius 1 is 1.26 bits per heavy atom. The maximum Gasteiger partial charge on any atom is 0.0364 e. The second-order valence-electron chi connectivity index (χ2n) is 3.71. The first-order chi connectivity index (χ1) is 8.19.